The molecule has 11 nitrogen and oxygen atoms in total. The van der Waals surface area contributed by atoms with Gasteiger partial charge < -0.3 is 30.0 Å². The Kier molecular flexibility index (Phi) is 41.9. The van der Waals surface area contributed by atoms with Crippen molar-refractivity contribution in [1.82, 2.24) is 0 Å². The summed E-state index contributed by atoms with van der Waals surface area (Å²) in [4.78, 5) is 45.7. The monoisotopic (exact) mass is 810 g/mol. The van der Waals surface area contributed by atoms with Crippen LogP contribution in [0.4, 0.5) is 0 Å². The summed E-state index contributed by atoms with van der Waals surface area (Å²) >= 11 is 0. The van der Waals surface area contributed by atoms with Crippen molar-refractivity contribution in [2.45, 2.75) is 206 Å². The third kappa shape index (κ3) is 40.9. The molecule has 3 atom stereocenters. The van der Waals surface area contributed by atoms with Crippen LogP contribution in [0.2, 0.25) is 0 Å². The topological polar surface area (TPSA) is 175 Å². The van der Waals surface area contributed by atoms with Gasteiger partial charge in [-0.15, -0.1) is 0 Å². The number of carboxylic acid groups (broad SMARTS) is 1. The summed E-state index contributed by atoms with van der Waals surface area (Å²) in [5.74, 6) is -2.66. The van der Waals surface area contributed by atoms with Gasteiger partial charge in [-0.25, -0.2) is 4.57 Å². The molecule has 2 unspecified atom stereocenters. The second-order valence-corrected chi connectivity index (χ2v) is 15.9. The molecule has 0 aromatic heterocycles. The number of aliphatic carboxylic acids is 1. The van der Waals surface area contributed by atoms with Gasteiger partial charge in [0.05, 0.1) is 25.2 Å². The molecule has 0 saturated carbocycles. The average molecular weight is 810 g/mol. The standard InChI is InChI=1S/C42H78NO10P.Na/c1-3-5-7-9-11-13-15-17-19-21-23-25-27-29-31-33-40(44)50-35-38(36-51-54(48,49)52-37-39(43)42(46)47)53-41(45)34-32-30-28-26-24-22-20-18-16-14-12-10-8-6-4-2;/h17-20,38-39H,3-16,21-37,43H2,1-2H3,(H,46,47)(H,48,49);/q;+1/p-1/b19-17-,20-18-;/t38?,39-;/m0./s1. The Bertz CT molecular complexity index is 1030. The number of carboxylic acids is 1. The fraction of sp³-hybridized carbons (Fsp3) is 0.833. The van der Waals surface area contributed by atoms with Crippen molar-refractivity contribution in [3.05, 3.63) is 24.3 Å². The zero-order chi connectivity index (χ0) is 40.0. The number of phosphoric acid groups is 1. The van der Waals surface area contributed by atoms with Crippen LogP contribution in [0.5, 0.6) is 0 Å². The first-order valence-electron chi connectivity index (χ1n) is 21.3. The molecular weight excluding hydrogens is 732 g/mol. The molecule has 0 aromatic carbocycles. The SMILES string of the molecule is CCCCCCCC/C=C\CCCCCCCC(=O)OCC(COP(=O)(O)OC[C@H](N)C(=O)[O-])OC(=O)CCCCCCC/C=C\CCCCCCCC.[Na+]. The summed E-state index contributed by atoms with van der Waals surface area (Å²) in [6.45, 7) is 2.69. The number of esters is 2. The van der Waals surface area contributed by atoms with Gasteiger partial charge in [0.15, 0.2) is 6.10 Å². The van der Waals surface area contributed by atoms with Gasteiger partial charge in [-0.05, 0) is 64.2 Å². The van der Waals surface area contributed by atoms with Crippen LogP contribution in [0.1, 0.15) is 194 Å². The molecule has 0 radical (unpaired) electrons. The smallest absolute Gasteiger partial charge is 0.548 e. The van der Waals surface area contributed by atoms with Crippen LogP contribution in [-0.2, 0) is 37.5 Å². The van der Waals surface area contributed by atoms with Crippen molar-refractivity contribution in [2.75, 3.05) is 19.8 Å². The van der Waals surface area contributed by atoms with Gasteiger partial charge in [0, 0.05) is 12.8 Å². The van der Waals surface area contributed by atoms with Gasteiger partial charge >= 0.3 is 49.3 Å². The molecule has 55 heavy (non-hydrogen) atoms. The van der Waals surface area contributed by atoms with Crippen LogP contribution in [0.15, 0.2) is 24.3 Å². The van der Waals surface area contributed by atoms with E-state index in [1.165, 1.54) is 77.0 Å². The number of allylic oxidation sites excluding steroid dienone is 4. The molecule has 0 amide bonds. The predicted molar refractivity (Wildman–Crippen MR) is 214 cm³/mol. The van der Waals surface area contributed by atoms with Crippen LogP contribution in [0.3, 0.4) is 0 Å². The molecule has 0 aliphatic rings. The summed E-state index contributed by atoms with van der Waals surface area (Å²) in [7, 11) is -4.74. The number of phosphoric ester groups is 1. The summed E-state index contributed by atoms with van der Waals surface area (Å²) in [6, 6.07) is -1.63. The largest absolute Gasteiger partial charge is 1.00 e. The maximum Gasteiger partial charge on any atom is 1.00 e. The van der Waals surface area contributed by atoms with Crippen molar-refractivity contribution >= 4 is 25.7 Å². The Morgan fingerprint density at radius 3 is 1.36 bits per heavy atom. The minimum Gasteiger partial charge on any atom is -0.548 e. The number of carbonyl (C=O) groups is 3. The van der Waals surface area contributed by atoms with Crippen LogP contribution in [0.25, 0.3) is 0 Å². The Labute approximate surface area is 356 Å². The van der Waals surface area contributed by atoms with E-state index in [1.54, 1.807) is 0 Å². The fourth-order valence-electron chi connectivity index (χ4n) is 5.76. The second kappa shape index (κ2) is 41.1. The predicted octanol–water partition coefficient (Wildman–Crippen LogP) is 6.73. The first-order chi connectivity index (χ1) is 26.1. The molecule has 0 spiro atoms. The first-order valence-corrected chi connectivity index (χ1v) is 22.8. The normalized spacial score (nSPS) is 13.7. The molecule has 0 aliphatic carbocycles. The van der Waals surface area contributed by atoms with E-state index in [1.807, 2.05) is 0 Å². The van der Waals surface area contributed by atoms with Gasteiger partial charge in [-0.2, -0.15) is 0 Å². The van der Waals surface area contributed by atoms with Gasteiger partial charge in [-0.3, -0.25) is 18.6 Å². The Balaban J connectivity index is 0. The van der Waals surface area contributed by atoms with Gasteiger partial charge in [-0.1, -0.05) is 141 Å². The van der Waals surface area contributed by atoms with Crippen molar-refractivity contribution in [3.63, 3.8) is 0 Å². The van der Waals surface area contributed by atoms with Crippen LogP contribution >= 0.6 is 7.82 Å². The molecule has 316 valence electrons. The minimum absolute atomic E-state index is 0. The molecule has 0 saturated heterocycles. The average Bonchev–Trinajstić information content (AvgIpc) is 3.14. The van der Waals surface area contributed by atoms with Crippen LogP contribution in [-0.4, -0.2) is 54.8 Å². The Hall–Kier alpha value is -1.04. The van der Waals surface area contributed by atoms with Crippen LogP contribution < -0.4 is 40.4 Å². The molecule has 0 fully saturated rings. The van der Waals surface area contributed by atoms with Crippen molar-refractivity contribution in [1.29, 1.82) is 0 Å². The van der Waals surface area contributed by atoms with Gasteiger partial charge in [0.1, 0.15) is 6.61 Å². The van der Waals surface area contributed by atoms with Crippen LogP contribution in [0, 0.1) is 0 Å². The third-order valence-electron chi connectivity index (χ3n) is 9.16. The molecule has 0 bridgehead atoms. The summed E-state index contributed by atoms with van der Waals surface area (Å²) in [5, 5.41) is 10.8. The molecule has 0 rings (SSSR count). The summed E-state index contributed by atoms with van der Waals surface area (Å²) in [5.41, 5.74) is 5.26. The van der Waals surface area contributed by atoms with E-state index in [9.17, 15) is 28.9 Å². The Morgan fingerprint density at radius 2 is 0.945 bits per heavy atom. The third-order valence-corrected chi connectivity index (χ3v) is 10.1. The maximum absolute atomic E-state index is 12.6. The number of nitrogens with two attached hydrogens (primary N) is 1. The van der Waals surface area contributed by atoms with E-state index in [0.717, 1.165) is 77.0 Å². The molecule has 13 heteroatoms. The summed E-state index contributed by atoms with van der Waals surface area (Å²) < 4.78 is 32.5. The minimum atomic E-state index is -4.74. The van der Waals surface area contributed by atoms with E-state index in [4.69, 9.17) is 19.7 Å². The Morgan fingerprint density at radius 1 is 0.582 bits per heavy atom. The summed E-state index contributed by atoms with van der Waals surface area (Å²) in [6.07, 6.45) is 38.0. The van der Waals surface area contributed by atoms with E-state index >= 15 is 0 Å². The van der Waals surface area contributed by atoms with E-state index in [2.05, 4.69) is 42.7 Å². The molecule has 0 aliphatic heterocycles. The molecule has 0 aromatic rings. The molecular formula is C42H77NNaO10P. The quantitative estimate of drug-likeness (QED) is 0.0221. The maximum atomic E-state index is 12.6. The van der Waals surface area contributed by atoms with Gasteiger partial charge in [0.25, 0.3) is 0 Å². The van der Waals surface area contributed by atoms with E-state index < -0.39 is 51.1 Å². The van der Waals surface area contributed by atoms with Crippen molar-refractivity contribution in [3.8, 4) is 0 Å². The number of carbonyl (C=O) groups excluding carboxylic acids is 3. The second-order valence-electron chi connectivity index (χ2n) is 14.4. The number of unbranched alkanes of at least 4 members (excludes halogenated alkanes) is 22. The number of hydrogen-bond donors (Lipinski definition) is 2. The molecule has 3 N–H and O–H groups in total. The zero-order valence-corrected chi connectivity index (χ0v) is 37.9. The number of ether oxygens (including phenoxy) is 2. The van der Waals surface area contributed by atoms with Crippen molar-refractivity contribution in [2.24, 2.45) is 5.73 Å². The number of hydrogen-bond acceptors (Lipinski definition) is 10. The first kappa shape index (κ1) is 56.1. The fourth-order valence-corrected chi connectivity index (χ4v) is 6.53. The zero-order valence-electron chi connectivity index (χ0n) is 35.0. The van der Waals surface area contributed by atoms with E-state index in [-0.39, 0.29) is 49.0 Å². The van der Waals surface area contributed by atoms with E-state index in [0.29, 0.717) is 12.8 Å². The molecule has 0 heterocycles. The van der Waals surface area contributed by atoms with Gasteiger partial charge in [0.2, 0.25) is 0 Å². The number of rotatable bonds is 40. The van der Waals surface area contributed by atoms with Crippen molar-refractivity contribution < 1.29 is 77.0 Å².